The molecule has 7 nitrogen and oxygen atoms in total. The van der Waals surface area contributed by atoms with Gasteiger partial charge in [0.15, 0.2) is 0 Å². The lowest BCUT2D eigenvalue weighted by Gasteiger charge is -2.23. The molecule has 0 bridgehead atoms. The molecular formula is C20H20N6OS. The van der Waals surface area contributed by atoms with Crippen molar-refractivity contribution in [2.24, 2.45) is 0 Å². The minimum absolute atomic E-state index is 0.0430. The van der Waals surface area contributed by atoms with E-state index in [0.29, 0.717) is 18.8 Å². The molecule has 28 heavy (non-hydrogen) atoms. The summed E-state index contributed by atoms with van der Waals surface area (Å²) in [6.45, 7) is 2.25. The molecule has 2 aromatic carbocycles. The van der Waals surface area contributed by atoms with Gasteiger partial charge in [0.2, 0.25) is 5.91 Å². The molecule has 0 spiro atoms. The zero-order valence-corrected chi connectivity index (χ0v) is 16.5. The Bertz CT molecular complexity index is 1060. The Morgan fingerprint density at radius 1 is 1.14 bits per heavy atom. The van der Waals surface area contributed by atoms with Gasteiger partial charge in [-0.05, 0) is 35.0 Å². The molecule has 1 amide bonds. The summed E-state index contributed by atoms with van der Waals surface area (Å²) in [5.74, 6) is 0.571. The fraction of sp³-hybridized carbons (Fsp3) is 0.250. The van der Waals surface area contributed by atoms with Crippen molar-refractivity contribution >= 4 is 27.5 Å². The second-order valence-corrected chi connectivity index (χ2v) is 7.76. The lowest BCUT2D eigenvalue weighted by molar-refractivity contribution is -0.134. The number of para-hydroxylation sites is 1. The van der Waals surface area contributed by atoms with Crippen LogP contribution >= 0.6 is 11.3 Å². The Kier molecular flexibility index (Phi) is 5.12. The molecule has 0 aliphatic heterocycles. The quantitative estimate of drug-likeness (QED) is 0.504. The normalized spacial score (nSPS) is 12.2. The monoisotopic (exact) mass is 392 g/mol. The van der Waals surface area contributed by atoms with Gasteiger partial charge in [-0.1, -0.05) is 42.5 Å². The number of aryl methyl sites for hydroxylation is 1. The van der Waals surface area contributed by atoms with Gasteiger partial charge >= 0.3 is 0 Å². The van der Waals surface area contributed by atoms with Crippen LogP contribution in [0.1, 0.15) is 22.4 Å². The van der Waals surface area contributed by atoms with E-state index in [1.165, 1.54) is 0 Å². The van der Waals surface area contributed by atoms with Crippen LogP contribution < -0.4 is 0 Å². The standard InChI is InChI=1S/C20H20N6OS/c1-14-22-23-24-26(14)17(12-15-8-4-3-5-9-15)20(27)25(2)13-19-21-16-10-6-7-11-18(16)28-19/h3-11,17H,12-13H2,1-2H3/t17-/m0/s1. The summed E-state index contributed by atoms with van der Waals surface area (Å²) >= 11 is 1.61. The van der Waals surface area contributed by atoms with Crippen molar-refractivity contribution in [1.29, 1.82) is 0 Å². The molecule has 8 heteroatoms. The SMILES string of the molecule is Cc1nnnn1[C@@H](Cc1ccccc1)C(=O)N(C)Cc1nc2ccccc2s1. The first-order chi connectivity index (χ1) is 13.6. The highest BCUT2D eigenvalue weighted by Crippen LogP contribution is 2.24. The van der Waals surface area contributed by atoms with Crippen LogP contribution in [0.5, 0.6) is 0 Å². The van der Waals surface area contributed by atoms with Crippen LogP contribution in [0.3, 0.4) is 0 Å². The molecule has 4 rings (SSSR count). The Morgan fingerprint density at radius 2 is 1.89 bits per heavy atom. The van der Waals surface area contributed by atoms with Crippen LogP contribution in [0.2, 0.25) is 0 Å². The molecule has 0 aliphatic rings. The van der Waals surface area contributed by atoms with E-state index in [1.54, 1.807) is 34.9 Å². The molecule has 2 aromatic heterocycles. The van der Waals surface area contributed by atoms with Crippen LogP contribution in [-0.4, -0.2) is 43.0 Å². The predicted octanol–water partition coefficient (Wildman–Crippen LogP) is 3.03. The molecule has 142 valence electrons. The predicted molar refractivity (Wildman–Crippen MR) is 108 cm³/mol. The van der Waals surface area contributed by atoms with Crippen LogP contribution in [0, 0.1) is 6.92 Å². The van der Waals surface area contributed by atoms with Crippen molar-refractivity contribution in [3.05, 3.63) is 71.0 Å². The summed E-state index contributed by atoms with van der Waals surface area (Å²) in [5, 5.41) is 12.6. The van der Waals surface area contributed by atoms with Gasteiger partial charge in [-0.25, -0.2) is 9.67 Å². The van der Waals surface area contributed by atoms with Crippen LogP contribution in [-0.2, 0) is 17.8 Å². The van der Waals surface area contributed by atoms with E-state index >= 15 is 0 Å². The molecule has 0 N–H and O–H groups in total. The lowest BCUT2D eigenvalue weighted by atomic mass is 10.0. The number of fused-ring (bicyclic) bond motifs is 1. The fourth-order valence-corrected chi connectivity index (χ4v) is 4.19. The number of tetrazole rings is 1. The highest BCUT2D eigenvalue weighted by molar-refractivity contribution is 7.18. The van der Waals surface area contributed by atoms with Crippen molar-refractivity contribution in [1.82, 2.24) is 30.1 Å². The zero-order chi connectivity index (χ0) is 19.5. The first-order valence-electron chi connectivity index (χ1n) is 8.99. The van der Waals surface area contributed by atoms with Gasteiger partial charge in [-0.2, -0.15) is 0 Å². The Hall–Kier alpha value is -3.13. The Balaban J connectivity index is 1.58. The summed E-state index contributed by atoms with van der Waals surface area (Å²) in [6.07, 6.45) is 0.524. The maximum atomic E-state index is 13.3. The van der Waals surface area contributed by atoms with Crippen molar-refractivity contribution in [2.75, 3.05) is 7.05 Å². The van der Waals surface area contributed by atoms with E-state index in [0.717, 1.165) is 20.8 Å². The summed E-state index contributed by atoms with van der Waals surface area (Å²) in [5.41, 5.74) is 2.02. The topological polar surface area (TPSA) is 76.8 Å². The van der Waals surface area contributed by atoms with Gasteiger partial charge in [-0.3, -0.25) is 4.79 Å². The number of nitrogens with zero attached hydrogens (tertiary/aromatic N) is 6. The number of carbonyl (C=O) groups is 1. The number of likely N-dealkylation sites (N-methyl/N-ethyl adjacent to an activating group) is 1. The molecule has 0 unspecified atom stereocenters. The van der Waals surface area contributed by atoms with E-state index in [2.05, 4.69) is 20.5 Å². The molecular weight excluding hydrogens is 372 g/mol. The van der Waals surface area contributed by atoms with Crippen molar-refractivity contribution in [3.8, 4) is 0 Å². The summed E-state index contributed by atoms with van der Waals surface area (Å²) in [7, 11) is 1.80. The average molecular weight is 392 g/mol. The number of aromatic nitrogens is 5. The number of benzene rings is 2. The fourth-order valence-electron chi connectivity index (χ4n) is 3.16. The summed E-state index contributed by atoms with van der Waals surface area (Å²) in [4.78, 5) is 19.6. The van der Waals surface area contributed by atoms with E-state index in [9.17, 15) is 4.79 Å². The molecule has 0 saturated carbocycles. The van der Waals surface area contributed by atoms with Crippen molar-refractivity contribution < 1.29 is 4.79 Å². The van der Waals surface area contributed by atoms with E-state index in [1.807, 2.05) is 54.6 Å². The number of hydrogen-bond acceptors (Lipinski definition) is 6. The second kappa shape index (κ2) is 7.85. The van der Waals surface area contributed by atoms with E-state index in [-0.39, 0.29) is 5.91 Å². The second-order valence-electron chi connectivity index (χ2n) is 6.65. The van der Waals surface area contributed by atoms with Crippen LogP contribution in [0.25, 0.3) is 10.2 Å². The maximum Gasteiger partial charge on any atom is 0.248 e. The first-order valence-corrected chi connectivity index (χ1v) is 9.81. The number of carbonyl (C=O) groups excluding carboxylic acids is 1. The molecule has 2 heterocycles. The van der Waals surface area contributed by atoms with E-state index < -0.39 is 6.04 Å². The summed E-state index contributed by atoms with van der Waals surface area (Å²) in [6, 6.07) is 17.4. The number of hydrogen-bond donors (Lipinski definition) is 0. The van der Waals surface area contributed by atoms with Gasteiger partial charge in [0.25, 0.3) is 0 Å². The lowest BCUT2D eigenvalue weighted by Crippen LogP contribution is -2.36. The number of rotatable bonds is 6. The minimum Gasteiger partial charge on any atom is -0.337 e. The van der Waals surface area contributed by atoms with Crippen LogP contribution in [0.15, 0.2) is 54.6 Å². The molecule has 4 aromatic rings. The third kappa shape index (κ3) is 3.77. The van der Waals surface area contributed by atoms with Gasteiger partial charge < -0.3 is 4.90 Å². The smallest absolute Gasteiger partial charge is 0.248 e. The maximum absolute atomic E-state index is 13.3. The van der Waals surface area contributed by atoms with E-state index in [4.69, 9.17) is 0 Å². The molecule has 0 radical (unpaired) electrons. The van der Waals surface area contributed by atoms with Crippen molar-refractivity contribution in [3.63, 3.8) is 0 Å². The molecule has 0 aliphatic carbocycles. The number of amides is 1. The largest absolute Gasteiger partial charge is 0.337 e. The third-order valence-corrected chi connectivity index (χ3v) is 5.62. The summed E-state index contributed by atoms with van der Waals surface area (Å²) < 4.78 is 2.72. The third-order valence-electron chi connectivity index (χ3n) is 4.60. The van der Waals surface area contributed by atoms with Gasteiger partial charge in [0.05, 0.1) is 16.8 Å². The Labute approximate surface area is 166 Å². The molecule has 0 saturated heterocycles. The van der Waals surface area contributed by atoms with Gasteiger partial charge in [0, 0.05) is 13.5 Å². The van der Waals surface area contributed by atoms with Crippen LogP contribution in [0.4, 0.5) is 0 Å². The molecule has 0 fully saturated rings. The Morgan fingerprint density at radius 3 is 2.61 bits per heavy atom. The number of thiazole rings is 1. The highest BCUT2D eigenvalue weighted by atomic mass is 32.1. The van der Waals surface area contributed by atoms with Crippen molar-refractivity contribution in [2.45, 2.75) is 25.9 Å². The van der Waals surface area contributed by atoms with Gasteiger partial charge in [-0.15, -0.1) is 16.4 Å². The average Bonchev–Trinajstić information content (AvgIpc) is 3.31. The molecule has 1 atom stereocenters. The highest BCUT2D eigenvalue weighted by Gasteiger charge is 2.27. The van der Waals surface area contributed by atoms with Gasteiger partial charge in [0.1, 0.15) is 16.9 Å². The first kappa shape index (κ1) is 18.2. The minimum atomic E-state index is -0.503. The zero-order valence-electron chi connectivity index (χ0n) is 15.7.